The maximum absolute atomic E-state index is 5.72. The fourth-order valence-corrected chi connectivity index (χ4v) is 4.64. The molecule has 2 aliphatic heterocycles. The van der Waals surface area contributed by atoms with Gasteiger partial charge in [0.15, 0.2) is 17.3 Å². The Morgan fingerprint density at radius 1 is 0.909 bits per heavy atom. The first-order valence-electron chi connectivity index (χ1n) is 11.2. The van der Waals surface area contributed by atoms with Crippen LogP contribution in [0.15, 0.2) is 67.0 Å². The average Bonchev–Trinajstić information content (AvgIpc) is 3.36. The predicted molar refractivity (Wildman–Crippen MR) is 126 cm³/mol. The van der Waals surface area contributed by atoms with Crippen molar-refractivity contribution < 1.29 is 14.2 Å². The van der Waals surface area contributed by atoms with E-state index in [-0.39, 0.29) is 12.2 Å². The molecule has 1 fully saturated rings. The maximum atomic E-state index is 5.72. The lowest BCUT2D eigenvalue weighted by atomic mass is 9.74. The smallest absolute Gasteiger partial charge is 0.231 e. The second-order valence-electron chi connectivity index (χ2n) is 8.47. The minimum absolute atomic E-state index is 0.0975. The quantitative estimate of drug-likeness (QED) is 0.487. The number of para-hydroxylation sites is 1. The Kier molecular flexibility index (Phi) is 5.03. The van der Waals surface area contributed by atoms with Crippen LogP contribution >= 0.6 is 0 Å². The highest BCUT2D eigenvalue weighted by atomic mass is 16.7. The van der Waals surface area contributed by atoms with Gasteiger partial charge in [0, 0.05) is 48.5 Å². The van der Waals surface area contributed by atoms with E-state index >= 15 is 0 Å². The summed E-state index contributed by atoms with van der Waals surface area (Å²) in [6.45, 7) is 2.45. The largest absolute Gasteiger partial charge is 0.454 e. The van der Waals surface area contributed by atoms with Crippen molar-refractivity contribution in [2.75, 3.05) is 31.9 Å². The number of pyridine rings is 1. The first-order chi connectivity index (χ1) is 16.3. The molecule has 0 atom stereocenters. The molecular weight excluding hydrogens is 416 g/mol. The molecular formula is C26H24N4O3. The molecule has 0 amide bonds. The summed E-state index contributed by atoms with van der Waals surface area (Å²) in [5.74, 6) is 3.10. The van der Waals surface area contributed by atoms with Crippen LogP contribution < -0.4 is 14.8 Å². The van der Waals surface area contributed by atoms with Crippen LogP contribution in [0.4, 0.5) is 5.82 Å². The summed E-state index contributed by atoms with van der Waals surface area (Å²) in [6.07, 6.45) is 5.38. The van der Waals surface area contributed by atoms with Crippen molar-refractivity contribution in [2.24, 2.45) is 0 Å². The molecule has 0 spiro atoms. The number of hydrogen-bond donors (Lipinski definition) is 1. The number of fused-ring (bicyclic) bond motifs is 2. The highest BCUT2D eigenvalue weighted by Crippen LogP contribution is 2.41. The van der Waals surface area contributed by atoms with Crippen molar-refractivity contribution in [3.63, 3.8) is 0 Å². The summed E-state index contributed by atoms with van der Waals surface area (Å²) in [7, 11) is 0. The van der Waals surface area contributed by atoms with Gasteiger partial charge in [0.1, 0.15) is 5.82 Å². The lowest BCUT2D eigenvalue weighted by Gasteiger charge is -2.38. The Hall–Kier alpha value is -3.71. The Labute approximate surface area is 191 Å². The molecule has 0 aliphatic carbocycles. The second kappa shape index (κ2) is 8.33. The van der Waals surface area contributed by atoms with Crippen molar-refractivity contribution >= 4 is 16.7 Å². The molecule has 33 heavy (non-hydrogen) atoms. The van der Waals surface area contributed by atoms with Crippen LogP contribution in [0, 0.1) is 0 Å². The molecule has 0 saturated carbocycles. The third-order valence-corrected chi connectivity index (χ3v) is 6.55. The summed E-state index contributed by atoms with van der Waals surface area (Å²) in [4.78, 5) is 13.9. The normalized spacial score (nSPS) is 16.6. The van der Waals surface area contributed by atoms with E-state index in [1.165, 1.54) is 5.56 Å². The Morgan fingerprint density at radius 2 is 1.79 bits per heavy atom. The second-order valence-corrected chi connectivity index (χ2v) is 8.47. The van der Waals surface area contributed by atoms with E-state index in [4.69, 9.17) is 24.2 Å². The Bertz CT molecular complexity index is 1290. The fourth-order valence-electron chi connectivity index (χ4n) is 4.64. The van der Waals surface area contributed by atoms with Gasteiger partial charge in [-0.3, -0.25) is 4.98 Å². The van der Waals surface area contributed by atoms with E-state index in [0.29, 0.717) is 5.82 Å². The van der Waals surface area contributed by atoms with E-state index in [0.717, 1.165) is 66.4 Å². The monoisotopic (exact) mass is 440 g/mol. The molecule has 4 heterocycles. The first kappa shape index (κ1) is 19.9. The molecule has 2 aromatic carbocycles. The molecule has 7 heteroatoms. The summed E-state index contributed by atoms with van der Waals surface area (Å²) in [5.41, 5.74) is 2.92. The summed E-state index contributed by atoms with van der Waals surface area (Å²) in [5, 5.41) is 4.67. The number of benzene rings is 2. The number of nitrogens with one attached hydrogen (secondary N) is 1. The molecule has 1 saturated heterocycles. The standard InChI is InChI=1S/C26H24N4O3/c1-2-6-21-20(5-1)25(30-24(29-21)18-4-3-11-27-15-18)28-16-26(9-12-31-13-10-26)19-7-8-22-23(14-19)33-17-32-22/h1-8,11,14-15H,9-10,12-13,16-17H2,(H,28,29,30). The number of nitrogens with zero attached hydrogens (tertiary/aromatic N) is 3. The van der Waals surface area contributed by atoms with E-state index in [1.807, 2.05) is 36.4 Å². The number of anilines is 1. The van der Waals surface area contributed by atoms with Gasteiger partial charge in [-0.2, -0.15) is 0 Å². The minimum atomic E-state index is -0.0975. The summed E-state index contributed by atoms with van der Waals surface area (Å²) < 4.78 is 16.9. The van der Waals surface area contributed by atoms with Crippen LogP contribution in [0.3, 0.4) is 0 Å². The van der Waals surface area contributed by atoms with E-state index < -0.39 is 0 Å². The van der Waals surface area contributed by atoms with Crippen molar-refractivity contribution in [2.45, 2.75) is 18.3 Å². The van der Waals surface area contributed by atoms with Crippen molar-refractivity contribution in [1.82, 2.24) is 15.0 Å². The van der Waals surface area contributed by atoms with Gasteiger partial charge in [0.05, 0.1) is 5.52 Å². The lowest BCUT2D eigenvalue weighted by Crippen LogP contribution is -2.40. The topological polar surface area (TPSA) is 78.4 Å². The third kappa shape index (κ3) is 3.74. The van der Waals surface area contributed by atoms with Gasteiger partial charge in [0.2, 0.25) is 6.79 Å². The van der Waals surface area contributed by atoms with Crippen LogP contribution in [-0.4, -0.2) is 41.5 Å². The zero-order valence-electron chi connectivity index (χ0n) is 18.2. The highest BCUT2D eigenvalue weighted by Gasteiger charge is 2.36. The van der Waals surface area contributed by atoms with E-state index in [2.05, 4.69) is 28.5 Å². The molecule has 1 N–H and O–H groups in total. The van der Waals surface area contributed by atoms with Gasteiger partial charge >= 0.3 is 0 Å². The Balaban J connectivity index is 1.37. The van der Waals surface area contributed by atoms with Gasteiger partial charge in [-0.15, -0.1) is 0 Å². The molecule has 0 radical (unpaired) electrons. The number of rotatable bonds is 5. The minimum Gasteiger partial charge on any atom is -0.454 e. The van der Waals surface area contributed by atoms with Crippen LogP contribution in [0.2, 0.25) is 0 Å². The van der Waals surface area contributed by atoms with Gasteiger partial charge in [-0.25, -0.2) is 9.97 Å². The van der Waals surface area contributed by atoms with Crippen LogP contribution in [0.25, 0.3) is 22.3 Å². The molecule has 2 aromatic heterocycles. The zero-order chi connectivity index (χ0) is 22.1. The van der Waals surface area contributed by atoms with E-state index in [1.54, 1.807) is 12.4 Å². The highest BCUT2D eigenvalue weighted by molar-refractivity contribution is 5.90. The SMILES string of the molecule is c1cncc(-c2nc(NCC3(c4ccc5c(c4)OCO5)CCOCC3)c3ccccc3n2)c1. The van der Waals surface area contributed by atoms with Crippen LogP contribution in [0.5, 0.6) is 11.5 Å². The van der Waals surface area contributed by atoms with Crippen molar-refractivity contribution in [3.8, 4) is 22.9 Å². The molecule has 7 nitrogen and oxygen atoms in total. The number of ether oxygens (including phenoxy) is 3. The van der Waals surface area contributed by atoms with Crippen molar-refractivity contribution in [1.29, 1.82) is 0 Å². The number of hydrogen-bond acceptors (Lipinski definition) is 7. The molecule has 4 aromatic rings. The third-order valence-electron chi connectivity index (χ3n) is 6.55. The Morgan fingerprint density at radius 3 is 2.67 bits per heavy atom. The van der Waals surface area contributed by atoms with E-state index in [9.17, 15) is 0 Å². The summed E-state index contributed by atoms with van der Waals surface area (Å²) in [6, 6.07) is 18.3. The van der Waals surface area contributed by atoms with Crippen LogP contribution in [-0.2, 0) is 10.2 Å². The average molecular weight is 441 g/mol. The zero-order valence-corrected chi connectivity index (χ0v) is 18.2. The predicted octanol–water partition coefficient (Wildman–Crippen LogP) is 4.58. The van der Waals surface area contributed by atoms with Crippen molar-refractivity contribution in [3.05, 3.63) is 72.6 Å². The molecule has 166 valence electrons. The molecule has 0 unspecified atom stereocenters. The van der Waals surface area contributed by atoms with Gasteiger partial charge in [0.25, 0.3) is 0 Å². The maximum Gasteiger partial charge on any atom is 0.231 e. The summed E-state index contributed by atoms with van der Waals surface area (Å²) >= 11 is 0. The number of aromatic nitrogens is 3. The first-order valence-corrected chi connectivity index (χ1v) is 11.2. The van der Waals surface area contributed by atoms with Gasteiger partial charge < -0.3 is 19.5 Å². The van der Waals surface area contributed by atoms with Gasteiger partial charge in [-0.05, 0) is 54.8 Å². The molecule has 2 aliphatic rings. The van der Waals surface area contributed by atoms with Gasteiger partial charge in [-0.1, -0.05) is 18.2 Å². The van der Waals surface area contributed by atoms with Crippen LogP contribution in [0.1, 0.15) is 18.4 Å². The molecule has 6 rings (SSSR count). The molecule has 0 bridgehead atoms. The lowest BCUT2D eigenvalue weighted by molar-refractivity contribution is 0.0543. The fraction of sp³-hybridized carbons (Fsp3) is 0.269.